The Bertz CT molecular complexity index is 1290. The first-order valence-electron chi connectivity index (χ1n) is 10.0. The van der Waals surface area contributed by atoms with Gasteiger partial charge in [0.15, 0.2) is 11.5 Å². The minimum absolute atomic E-state index is 0.124. The fourth-order valence-electron chi connectivity index (χ4n) is 3.29. The van der Waals surface area contributed by atoms with Crippen LogP contribution in [0.25, 0.3) is 6.08 Å². The number of hydrogen-bond acceptors (Lipinski definition) is 6. The normalized spacial score (nSPS) is 15.0. The molecule has 0 saturated carbocycles. The first-order chi connectivity index (χ1) is 16.4. The van der Waals surface area contributed by atoms with Gasteiger partial charge in [0.05, 0.1) is 24.9 Å². The van der Waals surface area contributed by atoms with E-state index in [4.69, 9.17) is 37.1 Å². The Hall–Kier alpha value is -3.75. The molecule has 3 aromatic rings. The largest absolute Gasteiger partial charge is 0.493 e. The van der Waals surface area contributed by atoms with Crippen molar-refractivity contribution in [3.05, 3.63) is 87.3 Å². The second-order valence-corrected chi connectivity index (χ2v) is 8.02. The Morgan fingerprint density at radius 3 is 2.56 bits per heavy atom. The van der Waals surface area contributed by atoms with Crippen molar-refractivity contribution in [3.63, 3.8) is 0 Å². The van der Waals surface area contributed by atoms with E-state index >= 15 is 0 Å². The molecule has 1 aliphatic heterocycles. The lowest BCUT2D eigenvalue weighted by atomic mass is 10.1. The van der Waals surface area contributed by atoms with Gasteiger partial charge in [-0.25, -0.2) is 4.79 Å². The molecule has 174 valence electrons. The summed E-state index contributed by atoms with van der Waals surface area (Å²) in [6.07, 6.45) is 2.75. The SMILES string of the molecule is COc1cc(/C=C2\C(=O)NC(=O)N(Cc3ccco3)C2=O)cc(Cl)c1OCc1ccccc1Cl. The van der Waals surface area contributed by atoms with Crippen LogP contribution in [-0.4, -0.2) is 29.9 Å². The minimum atomic E-state index is -0.831. The Morgan fingerprint density at radius 2 is 1.85 bits per heavy atom. The van der Waals surface area contributed by atoms with Crippen molar-refractivity contribution in [1.29, 1.82) is 0 Å². The number of ether oxygens (including phenoxy) is 2. The van der Waals surface area contributed by atoms with Gasteiger partial charge >= 0.3 is 6.03 Å². The molecule has 4 rings (SSSR count). The lowest BCUT2D eigenvalue weighted by Crippen LogP contribution is -2.53. The van der Waals surface area contributed by atoms with E-state index in [1.807, 2.05) is 18.2 Å². The second-order valence-electron chi connectivity index (χ2n) is 7.20. The van der Waals surface area contributed by atoms with Crippen LogP contribution in [0.15, 0.2) is 64.8 Å². The number of nitrogens with one attached hydrogen (secondary N) is 1. The first kappa shape index (κ1) is 23.4. The molecular weight excluding hydrogens is 483 g/mol. The zero-order valence-electron chi connectivity index (χ0n) is 17.8. The van der Waals surface area contributed by atoms with Crippen LogP contribution in [-0.2, 0) is 22.7 Å². The molecule has 1 N–H and O–H groups in total. The highest BCUT2D eigenvalue weighted by atomic mass is 35.5. The van der Waals surface area contributed by atoms with E-state index in [0.717, 1.165) is 10.5 Å². The molecular formula is C24H18Cl2N2O6. The topological polar surface area (TPSA) is 98.1 Å². The average molecular weight is 501 g/mol. The van der Waals surface area contributed by atoms with E-state index in [9.17, 15) is 14.4 Å². The van der Waals surface area contributed by atoms with Gasteiger partial charge in [-0.15, -0.1) is 0 Å². The number of halogens is 2. The van der Waals surface area contributed by atoms with Crippen molar-refractivity contribution in [2.24, 2.45) is 0 Å². The predicted octanol–water partition coefficient (Wildman–Crippen LogP) is 4.84. The highest BCUT2D eigenvalue weighted by Gasteiger charge is 2.36. The summed E-state index contributed by atoms with van der Waals surface area (Å²) < 4.78 is 16.4. The Morgan fingerprint density at radius 1 is 1.06 bits per heavy atom. The molecule has 0 bridgehead atoms. The van der Waals surface area contributed by atoms with Gasteiger partial charge in [0.25, 0.3) is 11.8 Å². The van der Waals surface area contributed by atoms with E-state index in [1.54, 1.807) is 24.3 Å². The number of furan rings is 1. The lowest BCUT2D eigenvalue weighted by Gasteiger charge is -2.25. The Kier molecular flexibility index (Phi) is 6.90. The number of amides is 4. The number of barbiturate groups is 1. The molecule has 0 spiro atoms. The van der Waals surface area contributed by atoms with Gasteiger partial charge in [0.1, 0.15) is 17.9 Å². The molecule has 0 unspecified atom stereocenters. The summed E-state index contributed by atoms with van der Waals surface area (Å²) in [7, 11) is 1.44. The van der Waals surface area contributed by atoms with Crippen LogP contribution in [0, 0.1) is 0 Å². The highest BCUT2D eigenvalue weighted by Crippen LogP contribution is 2.38. The summed E-state index contributed by atoms with van der Waals surface area (Å²) in [5.74, 6) is -0.625. The second kappa shape index (κ2) is 10.0. The number of carbonyl (C=O) groups excluding carboxylic acids is 3. The van der Waals surface area contributed by atoms with Crippen LogP contribution >= 0.6 is 23.2 Å². The highest BCUT2D eigenvalue weighted by molar-refractivity contribution is 6.33. The van der Waals surface area contributed by atoms with Crippen LogP contribution in [0.1, 0.15) is 16.9 Å². The number of urea groups is 1. The number of methoxy groups -OCH3 is 1. The molecule has 0 aliphatic carbocycles. The summed E-state index contributed by atoms with van der Waals surface area (Å²) in [6.45, 7) is 0.0299. The Balaban J connectivity index is 1.60. The van der Waals surface area contributed by atoms with Crippen molar-refractivity contribution < 1.29 is 28.3 Å². The maximum atomic E-state index is 12.9. The van der Waals surface area contributed by atoms with Crippen LogP contribution in [0.5, 0.6) is 11.5 Å². The maximum absolute atomic E-state index is 12.9. The van der Waals surface area contributed by atoms with Gasteiger partial charge in [0.2, 0.25) is 0 Å². The summed E-state index contributed by atoms with van der Waals surface area (Å²) in [6, 6.07) is 12.7. The maximum Gasteiger partial charge on any atom is 0.331 e. The van der Waals surface area contributed by atoms with Crippen LogP contribution < -0.4 is 14.8 Å². The molecule has 1 aliphatic rings. The number of hydrogen-bond donors (Lipinski definition) is 1. The van der Waals surface area contributed by atoms with Gasteiger partial charge in [-0.2, -0.15) is 0 Å². The zero-order chi connectivity index (χ0) is 24.2. The van der Waals surface area contributed by atoms with Gasteiger partial charge in [-0.1, -0.05) is 41.4 Å². The van der Waals surface area contributed by atoms with E-state index in [1.165, 1.54) is 25.5 Å². The third kappa shape index (κ3) is 4.93. The monoisotopic (exact) mass is 500 g/mol. The first-order valence-corrected chi connectivity index (χ1v) is 10.8. The minimum Gasteiger partial charge on any atom is -0.493 e. The molecule has 0 radical (unpaired) electrons. The standard InChI is InChI=1S/C24H18Cl2N2O6/c1-32-20-11-14(10-19(26)21(20)34-13-15-5-2-3-7-18(15)25)9-17-22(29)27-24(31)28(23(17)30)12-16-6-4-8-33-16/h2-11H,12-13H2,1H3,(H,27,29,31)/b17-9+. The molecule has 1 saturated heterocycles. The van der Waals surface area contributed by atoms with E-state index in [2.05, 4.69) is 5.32 Å². The molecule has 8 nitrogen and oxygen atoms in total. The molecule has 4 amide bonds. The number of carbonyl (C=O) groups is 3. The van der Waals surface area contributed by atoms with Gasteiger partial charge < -0.3 is 13.9 Å². The summed E-state index contributed by atoms with van der Waals surface area (Å²) in [5.41, 5.74) is 0.922. The quantitative estimate of drug-likeness (QED) is 0.368. The summed E-state index contributed by atoms with van der Waals surface area (Å²) in [4.78, 5) is 38.4. The van der Waals surface area contributed by atoms with E-state index < -0.39 is 17.8 Å². The Labute approximate surface area is 204 Å². The fourth-order valence-corrected chi connectivity index (χ4v) is 3.76. The van der Waals surface area contributed by atoms with Crippen molar-refractivity contribution in [3.8, 4) is 11.5 Å². The average Bonchev–Trinajstić information content (AvgIpc) is 3.33. The number of nitrogens with zero attached hydrogens (tertiary/aromatic N) is 1. The molecule has 1 fully saturated rings. The zero-order valence-corrected chi connectivity index (χ0v) is 19.4. The molecule has 2 heterocycles. The third-order valence-electron chi connectivity index (χ3n) is 4.97. The van der Waals surface area contributed by atoms with Crippen molar-refractivity contribution >= 4 is 47.1 Å². The van der Waals surface area contributed by atoms with Crippen molar-refractivity contribution in [2.75, 3.05) is 7.11 Å². The summed E-state index contributed by atoms with van der Waals surface area (Å²) >= 11 is 12.6. The van der Waals surface area contributed by atoms with Gasteiger partial charge in [-0.3, -0.25) is 19.8 Å². The third-order valence-corrected chi connectivity index (χ3v) is 5.62. The van der Waals surface area contributed by atoms with Gasteiger partial charge in [-0.05, 0) is 42.0 Å². The summed E-state index contributed by atoms with van der Waals surface area (Å²) in [5, 5.41) is 2.91. The number of rotatable bonds is 7. The smallest absolute Gasteiger partial charge is 0.331 e. The molecule has 0 atom stereocenters. The lowest BCUT2D eigenvalue weighted by molar-refractivity contribution is -0.130. The van der Waals surface area contributed by atoms with Crippen molar-refractivity contribution in [1.82, 2.24) is 10.2 Å². The van der Waals surface area contributed by atoms with Crippen LogP contribution in [0.2, 0.25) is 10.0 Å². The molecule has 1 aromatic heterocycles. The van der Waals surface area contributed by atoms with Crippen LogP contribution in [0.3, 0.4) is 0 Å². The van der Waals surface area contributed by atoms with E-state index in [-0.39, 0.29) is 29.5 Å². The van der Waals surface area contributed by atoms with Crippen molar-refractivity contribution in [2.45, 2.75) is 13.2 Å². The van der Waals surface area contributed by atoms with Crippen LogP contribution in [0.4, 0.5) is 4.79 Å². The predicted molar refractivity (Wildman–Crippen MR) is 125 cm³/mol. The van der Waals surface area contributed by atoms with Gasteiger partial charge in [0, 0.05) is 10.6 Å². The molecule has 10 heteroatoms. The van der Waals surface area contributed by atoms with E-state index in [0.29, 0.717) is 22.1 Å². The number of benzene rings is 2. The molecule has 2 aromatic carbocycles. The molecule has 34 heavy (non-hydrogen) atoms. The number of imide groups is 2. The fraction of sp³-hybridized carbons (Fsp3) is 0.125.